The molecule has 1 aromatic heterocycles. The van der Waals surface area contributed by atoms with E-state index in [0.29, 0.717) is 23.1 Å². The van der Waals surface area contributed by atoms with Gasteiger partial charge >= 0.3 is 6.03 Å². The first kappa shape index (κ1) is 19.8. The van der Waals surface area contributed by atoms with Crippen molar-refractivity contribution in [2.45, 2.75) is 38.6 Å². The lowest BCUT2D eigenvalue weighted by Crippen LogP contribution is -2.34. The Hall–Kier alpha value is -2.94. The average Bonchev–Trinajstić information content (AvgIpc) is 3.02. The number of carbonyl (C=O) groups is 2. The van der Waals surface area contributed by atoms with Gasteiger partial charge in [-0.25, -0.2) is 9.48 Å². The molecule has 2 aromatic rings. The highest BCUT2D eigenvalue weighted by molar-refractivity contribution is 6.04. The van der Waals surface area contributed by atoms with Crippen LogP contribution < -0.4 is 21.3 Å². The molecule has 28 heavy (non-hydrogen) atoms. The van der Waals surface area contributed by atoms with E-state index in [4.69, 9.17) is 0 Å². The van der Waals surface area contributed by atoms with E-state index in [0.717, 1.165) is 31.8 Å². The van der Waals surface area contributed by atoms with Crippen LogP contribution >= 0.6 is 0 Å². The molecular formula is C19H27N7O2. The van der Waals surface area contributed by atoms with Crippen LogP contribution in [-0.4, -0.2) is 45.8 Å². The first-order valence-electron chi connectivity index (χ1n) is 9.53. The second-order valence-electron chi connectivity index (χ2n) is 7.23. The minimum atomic E-state index is -0.313. The third-order valence-electron chi connectivity index (χ3n) is 4.51. The predicted octanol–water partition coefficient (Wildman–Crippen LogP) is 2.06. The summed E-state index contributed by atoms with van der Waals surface area (Å²) in [5.74, 6) is 1.18. The van der Waals surface area contributed by atoms with E-state index in [1.165, 1.54) is 0 Å². The van der Waals surface area contributed by atoms with Gasteiger partial charge in [-0.3, -0.25) is 10.1 Å². The number of carbonyl (C=O) groups excluding carboxylic acids is 2. The molecule has 0 unspecified atom stereocenters. The summed E-state index contributed by atoms with van der Waals surface area (Å²) in [7, 11) is 1.77. The molecular weight excluding hydrogens is 358 g/mol. The number of amides is 3. The molecule has 150 valence electrons. The Balaban J connectivity index is 1.67. The van der Waals surface area contributed by atoms with Gasteiger partial charge in [-0.2, -0.15) is 10.1 Å². The smallest absolute Gasteiger partial charge is 0.319 e. The summed E-state index contributed by atoms with van der Waals surface area (Å²) in [6.45, 7) is 5.66. The van der Waals surface area contributed by atoms with Crippen LogP contribution in [0.3, 0.4) is 0 Å². The first-order valence-corrected chi connectivity index (χ1v) is 9.53. The van der Waals surface area contributed by atoms with E-state index in [9.17, 15) is 9.59 Å². The Morgan fingerprint density at radius 2 is 1.96 bits per heavy atom. The van der Waals surface area contributed by atoms with Gasteiger partial charge in [-0.15, -0.1) is 0 Å². The van der Waals surface area contributed by atoms with Crippen molar-refractivity contribution in [3.05, 3.63) is 35.7 Å². The van der Waals surface area contributed by atoms with E-state index < -0.39 is 0 Å². The van der Waals surface area contributed by atoms with Crippen molar-refractivity contribution in [1.29, 1.82) is 0 Å². The number of hydrogen-bond acceptors (Lipinski definition) is 5. The summed E-state index contributed by atoms with van der Waals surface area (Å²) in [6, 6.07) is 6.47. The summed E-state index contributed by atoms with van der Waals surface area (Å²) < 4.78 is 1.59. The zero-order valence-corrected chi connectivity index (χ0v) is 16.5. The van der Waals surface area contributed by atoms with Crippen LogP contribution in [0.25, 0.3) is 0 Å². The molecule has 1 aliphatic rings. The molecule has 0 radical (unpaired) electrons. The molecule has 0 saturated carbocycles. The minimum Gasteiger partial charge on any atom is -0.336 e. The molecule has 1 aliphatic heterocycles. The van der Waals surface area contributed by atoms with Gasteiger partial charge in [0.05, 0.1) is 0 Å². The number of aromatic nitrogens is 3. The molecule has 9 nitrogen and oxygen atoms in total. The van der Waals surface area contributed by atoms with E-state index in [1.807, 2.05) is 13.8 Å². The fourth-order valence-electron chi connectivity index (χ4n) is 3.11. The van der Waals surface area contributed by atoms with Crippen LogP contribution in [0.5, 0.6) is 0 Å². The first-order chi connectivity index (χ1) is 13.4. The van der Waals surface area contributed by atoms with E-state index in [-0.39, 0.29) is 18.0 Å². The molecule has 0 spiro atoms. The summed E-state index contributed by atoms with van der Waals surface area (Å²) in [4.78, 5) is 29.0. The fourth-order valence-corrected chi connectivity index (χ4v) is 3.11. The molecule has 4 N–H and O–H groups in total. The van der Waals surface area contributed by atoms with Crippen LogP contribution in [0, 0.1) is 0 Å². The second-order valence-corrected chi connectivity index (χ2v) is 7.23. The number of nitrogens with one attached hydrogen (secondary N) is 4. The SMILES string of the molecule is CC(C)NC(=O)Nc1cccc(C(=O)Nc2nc(C3CCNCC3)nn2C)c1. The van der Waals surface area contributed by atoms with E-state index in [1.54, 1.807) is 36.0 Å². The maximum absolute atomic E-state index is 12.6. The zero-order valence-electron chi connectivity index (χ0n) is 16.5. The number of urea groups is 1. The van der Waals surface area contributed by atoms with Crippen LogP contribution in [0.1, 0.15) is 48.8 Å². The number of nitrogens with zero attached hydrogens (tertiary/aromatic N) is 3. The molecule has 3 rings (SSSR count). The summed E-state index contributed by atoms with van der Waals surface area (Å²) >= 11 is 0. The molecule has 1 saturated heterocycles. The highest BCUT2D eigenvalue weighted by Gasteiger charge is 2.21. The number of piperidine rings is 1. The average molecular weight is 385 g/mol. The van der Waals surface area contributed by atoms with Gasteiger partial charge in [0.1, 0.15) is 0 Å². The van der Waals surface area contributed by atoms with Crippen molar-refractivity contribution < 1.29 is 9.59 Å². The fraction of sp³-hybridized carbons (Fsp3) is 0.474. The second kappa shape index (κ2) is 8.83. The molecule has 0 bridgehead atoms. The van der Waals surface area contributed by atoms with Gasteiger partial charge in [-0.1, -0.05) is 6.07 Å². The zero-order chi connectivity index (χ0) is 20.1. The highest BCUT2D eigenvalue weighted by atomic mass is 16.2. The van der Waals surface area contributed by atoms with Crippen molar-refractivity contribution >= 4 is 23.6 Å². The summed E-state index contributed by atoms with van der Waals surface area (Å²) in [5, 5.41) is 16.1. The largest absolute Gasteiger partial charge is 0.336 e. The third kappa shape index (κ3) is 5.07. The minimum absolute atomic E-state index is 0.0246. The molecule has 9 heteroatoms. The Kier molecular flexibility index (Phi) is 6.25. The third-order valence-corrected chi connectivity index (χ3v) is 4.51. The quantitative estimate of drug-likeness (QED) is 0.629. The standard InChI is InChI=1S/C19H27N7O2/c1-12(2)21-19(28)22-15-6-4-5-14(11-15)17(27)24-18-23-16(25-26(18)3)13-7-9-20-10-8-13/h4-6,11-13,20H,7-10H2,1-3H3,(H2,21,22,28)(H,23,24,25,27). The summed E-state index contributed by atoms with van der Waals surface area (Å²) in [5.41, 5.74) is 0.966. The summed E-state index contributed by atoms with van der Waals surface area (Å²) in [6.07, 6.45) is 1.98. The number of aryl methyl sites for hydroxylation is 1. The van der Waals surface area contributed by atoms with Crippen molar-refractivity contribution in [2.24, 2.45) is 7.05 Å². The molecule has 1 fully saturated rings. The Labute approximate surface area is 164 Å². The van der Waals surface area contributed by atoms with Crippen LogP contribution in [-0.2, 0) is 7.05 Å². The Bertz CT molecular complexity index is 841. The van der Waals surface area contributed by atoms with Crippen LogP contribution in [0.4, 0.5) is 16.4 Å². The van der Waals surface area contributed by atoms with Crippen molar-refractivity contribution in [2.75, 3.05) is 23.7 Å². The van der Waals surface area contributed by atoms with Gasteiger partial charge in [-0.05, 0) is 58.0 Å². The van der Waals surface area contributed by atoms with E-state index >= 15 is 0 Å². The maximum Gasteiger partial charge on any atom is 0.319 e. The molecule has 2 heterocycles. The van der Waals surface area contributed by atoms with Gasteiger partial charge in [0.2, 0.25) is 5.95 Å². The van der Waals surface area contributed by atoms with Crippen molar-refractivity contribution in [1.82, 2.24) is 25.4 Å². The molecule has 1 aromatic carbocycles. The number of hydrogen-bond donors (Lipinski definition) is 4. The van der Waals surface area contributed by atoms with Gasteiger partial charge in [0.15, 0.2) is 5.82 Å². The van der Waals surface area contributed by atoms with Crippen LogP contribution in [0.15, 0.2) is 24.3 Å². The van der Waals surface area contributed by atoms with Gasteiger partial charge in [0.25, 0.3) is 5.91 Å². The van der Waals surface area contributed by atoms with E-state index in [2.05, 4.69) is 31.3 Å². The number of rotatable bonds is 5. The Morgan fingerprint density at radius 1 is 1.21 bits per heavy atom. The molecule has 0 atom stereocenters. The number of benzene rings is 1. The normalized spacial score (nSPS) is 14.7. The lowest BCUT2D eigenvalue weighted by atomic mass is 9.98. The number of anilines is 2. The molecule has 3 amide bonds. The van der Waals surface area contributed by atoms with Gasteiger partial charge in [0, 0.05) is 30.3 Å². The molecule has 0 aliphatic carbocycles. The predicted molar refractivity (Wildman–Crippen MR) is 108 cm³/mol. The van der Waals surface area contributed by atoms with Gasteiger partial charge < -0.3 is 16.0 Å². The van der Waals surface area contributed by atoms with Crippen LogP contribution in [0.2, 0.25) is 0 Å². The topological polar surface area (TPSA) is 113 Å². The highest BCUT2D eigenvalue weighted by Crippen LogP contribution is 2.23. The Morgan fingerprint density at radius 3 is 2.68 bits per heavy atom. The van der Waals surface area contributed by atoms with Crippen molar-refractivity contribution in [3.63, 3.8) is 0 Å². The lowest BCUT2D eigenvalue weighted by molar-refractivity contribution is 0.102. The van der Waals surface area contributed by atoms with Crippen molar-refractivity contribution in [3.8, 4) is 0 Å². The lowest BCUT2D eigenvalue weighted by Gasteiger charge is -2.19. The maximum atomic E-state index is 12.6. The monoisotopic (exact) mass is 385 g/mol.